The molecule has 134 valence electrons. The van der Waals surface area contributed by atoms with Crippen LogP contribution < -0.4 is 0 Å². The predicted octanol–water partition coefficient (Wildman–Crippen LogP) is 2.75. The van der Waals surface area contributed by atoms with Gasteiger partial charge in [-0.2, -0.15) is 5.10 Å². The van der Waals surface area contributed by atoms with E-state index in [4.69, 9.17) is 0 Å². The summed E-state index contributed by atoms with van der Waals surface area (Å²) in [6.07, 6.45) is 4.77. The van der Waals surface area contributed by atoms with Crippen LogP contribution in [-0.4, -0.2) is 45.8 Å². The second-order valence-electron chi connectivity index (χ2n) is 6.61. The molecule has 7 heteroatoms. The molecule has 1 aliphatic rings. The molecule has 0 radical (unpaired) electrons. The van der Waals surface area contributed by atoms with Crippen LogP contribution in [0, 0.1) is 5.82 Å². The molecule has 25 heavy (non-hydrogen) atoms. The average Bonchev–Trinajstić information content (AvgIpc) is 2.96. The van der Waals surface area contributed by atoms with E-state index in [2.05, 4.69) is 23.7 Å². The number of benzene rings is 1. The maximum absolute atomic E-state index is 14.0. The largest absolute Gasteiger partial charge is 0.465 e. The van der Waals surface area contributed by atoms with Crippen LogP contribution in [0.4, 0.5) is 4.39 Å². The van der Waals surface area contributed by atoms with Gasteiger partial charge < -0.3 is 9.64 Å². The molecule has 0 saturated carbocycles. The smallest absolute Gasteiger partial charge is 0.343 e. The Kier molecular flexibility index (Phi) is 4.74. The molecule has 0 spiro atoms. The van der Waals surface area contributed by atoms with Crippen LogP contribution in [0.15, 0.2) is 18.3 Å². The van der Waals surface area contributed by atoms with Gasteiger partial charge in [-0.3, -0.25) is 9.48 Å². The van der Waals surface area contributed by atoms with Gasteiger partial charge in [0, 0.05) is 23.7 Å². The van der Waals surface area contributed by atoms with Crippen molar-refractivity contribution in [2.24, 2.45) is 0 Å². The van der Waals surface area contributed by atoms with Gasteiger partial charge in [-0.1, -0.05) is 0 Å². The van der Waals surface area contributed by atoms with Crippen molar-refractivity contribution in [3.05, 3.63) is 29.7 Å². The van der Waals surface area contributed by atoms with E-state index in [0.29, 0.717) is 5.39 Å². The number of hydrogen-bond acceptors (Lipinski definition) is 4. The molecule has 1 aliphatic heterocycles. The number of carbonyl (C=O) groups is 2. The standard InChI is InChI=1S/C18H22FN3O3/c1-11-5-4-6-12(2)22(11)15(23)10-21-9-13-7-8-14(19)16(17(13)20-21)18(24)25-3/h7-9,11-12H,4-6,10H2,1-3H3. The molecule has 0 N–H and O–H groups in total. The number of nitrogens with zero attached hydrogens (tertiary/aromatic N) is 3. The summed E-state index contributed by atoms with van der Waals surface area (Å²) in [5.74, 6) is -1.49. The Morgan fingerprint density at radius 3 is 2.60 bits per heavy atom. The van der Waals surface area contributed by atoms with Crippen molar-refractivity contribution in [1.82, 2.24) is 14.7 Å². The Bertz CT molecular complexity index is 807. The summed E-state index contributed by atoms with van der Waals surface area (Å²) in [6, 6.07) is 3.14. The van der Waals surface area contributed by atoms with Crippen LogP contribution in [0.5, 0.6) is 0 Å². The predicted molar refractivity (Wildman–Crippen MR) is 90.7 cm³/mol. The highest BCUT2D eigenvalue weighted by Crippen LogP contribution is 2.24. The van der Waals surface area contributed by atoms with Crippen molar-refractivity contribution in [3.63, 3.8) is 0 Å². The van der Waals surface area contributed by atoms with Gasteiger partial charge in [0.25, 0.3) is 0 Å². The summed E-state index contributed by atoms with van der Waals surface area (Å²) in [5.41, 5.74) is 0.00491. The van der Waals surface area contributed by atoms with E-state index in [1.807, 2.05) is 4.90 Å². The number of methoxy groups -OCH3 is 1. The SMILES string of the molecule is COC(=O)c1c(F)ccc2cn(CC(=O)N3C(C)CCCC3C)nc12. The minimum Gasteiger partial charge on any atom is -0.465 e. The van der Waals surface area contributed by atoms with Crippen molar-refractivity contribution < 1.29 is 18.7 Å². The summed E-state index contributed by atoms with van der Waals surface area (Å²) < 4.78 is 20.1. The zero-order chi connectivity index (χ0) is 18.1. The fourth-order valence-electron chi connectivity index (χ4n) is 3.62. The maximum atomic E-state index is 14.0. The summed E-state index contributed by atoms with van der Waals surface area (Å²) in [5, 5.41) is 4.85. The van der Waals surface area contributed by atoms with E-state index in [-0.39, 0.29) is 35.6 Å². The molecule has 1 aromatic heterocycles. The van der Waals surface area contributed by atoms with Crippen molar-refractivity contribution in [3.8, 4) is 0 Å². The topological polar surface area (TPSA) is 64.4 Å². The Morgan fingerprint density at radius 2 is 1.96 bits per heavy atom. The van der Waals surface area contributed by atoms with E-state index in [1.165, 1.54) is 23.9 Å². The van der Waals surface area contributed by atoms with Gasteiger partial charge in [-0.05, 0) is 45.2 Å². The minimum atomic E-state index is -0.780. The Labute approximate surface area is 145 Å². The Balaban J connectivity index is 1.90. The number of fused-ring (bicyclic) bond motifs is 1. The average molecular weight is 347 g/mol. The van der Waals surface area contributed by atoms with Crippen LogP contribution in [-0.2, 0) is 16.1 Å². The van der Waals surface area contributed by atoms with Crippen LogP contribution in [0.1, 0.15) is 43.5 Å². The van der Waals surface area contributed by atoms with Crippen molar-refractivity contribution >= 4 is 22.8 Å². The number of aromatic nitrogens is 2. The minimum absolute atomic E-state index is 0.0207. The van der Waals surface area contributed by atoms with E-state index in [9.17, 15) is 14.0 Å². The maximum Gasteiger partial charge on any atom is 0.343 e. The number of piperidine rings is 1. The zero-order valence-corrected chi connectivity index (χ0v) is 14.7. The van der Waals surface area contributed by atoms with Crippen LogP contribution in [0.2, 0.25) is 0 Å². The van der Waals surface area contributed by atoms with Gasteiger partial charge in [0.15, 0.2) is 0 Å². The molecule has 0 aliphatic carbocycles. The van der Waals surface area contributed by atoms with Gasteiger partial charge >= 0.3 is 5.97 Å². The third kappa shape index (κ3) is 3.23. The number of rotatable bonds is 3. The second kappa shape index (κ2) is 6.82. The molecule has 2 aromatic rings. The summed E-state index contributed by atoms with van der Waals surface area (Å²) in [4.78, 5) is 26.4. The van der Waals surface area contributed by atoms with Gasteiger partial charge in [0.1, 0.15) is 23.4 Å². The summed E-state index contributed by atoms with van der Waals surface area (Å²) in [7, 11) is 1.19. The molecule has 2 atom stereocenters. The molecule has 1 fully saturated rings. The number of esters is 1. The van der Waals surface area contributed by atoms with Crippen molar-refractivity contribution in [2.45, 2.75) is 51.7 Å². The number of amides is 1. The second-order valence-corrected chi connectivity index (χ2v) is 6.61. The summed E-state index contributed by atoms with van der Waals surface area (Å²) in [6.45, 7) is 4.17. The Hall–Kier alpha value is -2.44. The lowest BCUT2D eigenvalue weighted by molar-refractivity contribution is -0.138. The molecule has 0 bridgehead atoms. The van der Waals surface area contributed by atoms with Gasteiger partial charge in [0.2, 0.25) is 5.91 Å². The number of likely N-dealkylation sites (tertiary alicyclic amines) is 1. The molecule has 3 rings (SSSR count). The van der Waals surface area contributed by atoms with Gasteiger partial charge in [-0.15, -0.1) is 0 Å². The number of ether oxygens (including phenoxy) is 1. The van der Waals surface area contributed by atoms with Crippen molar-refractivity contribution in [2.75, 3.05) is 7.11 Å². The number of hydrogen-bond donors (Lipinski definition) is 0. The fraction of sp³-hybridized carbons (Fsp3) is 0.500. The molecular formula is C18H22FN3O3. The van der Waals surface area contributed by atoms with E-state index < -0.39 is 11.8 Å². The molecule has 2 heterocycles. The summed E-state index contributed by atoms with van der Waals surface area (Å²) >= 11 is 0. The third-order valence-corrected chi connectivity index (χ3v) is 4.84. The normalized spacial score (nSPS) is 20.7. The molecule has 1 aromatic carbocycles. The molecule has 1 saturated heterocycles. The van der Waals surface area contributed by atoms with Crippen LogP contribution in [0.25, 0.3) is 10.9 Å². The third-order valence-electron chi connectivity index (χ3n) is 4.84. The lowest BCUT2D eigenvalue weighted by Gasteiger charge is -2.39. The van der Waals surface area contributed by atoms with E-state index in [1.54, 1.807) is 6.20 Å². The number of halogens is 1. The molecule has 2 unspecified atom stereocenters. The molecule has 1 amide bonds. The zero-order valence-electron chi connectivity index (χ0n) is 14.7. The first-order valence-corrected chi connectivity index (χ1v) is 8.47. The Morgan fingerprint density at radius 1 is 1.28 bits per heavy atom. The lowest BCUT2D eigenvalue weighted by Crippen LogP contribution is -2.48. The first-order chi connectivity index (χ1) is 11.9. The molecular weight excluding hydrogens is 325 g/mol. The van der Waals surface area contributed by atoms with E-state index >= 15 is 0 Å². The van der Waals surface area contributed by atoms with E-state index in [0.717, 1.165) is 19.3 Å². The quantitative estimate of drug-likeness (QED) is 0.801. The first-order valence-electron chi connectivity index (χ1n) is 8.47. The van der Waals surface area contributed by atoms with Gasteiger partial charge in [0.05, 0.1) is 7.11 Å². The highest BCUT2D eigenvalue weighted by Gasteiger charge is 2.29. The number of carbonyl (C=O) groups excluding carboxylic acids is 2. The van der Waals surface area contributed by atoms with Crippen molar-refractivity contribution in [1.29, 1.82) is 0 Å². The highest BCUT2D eigenvalue weighted by atomic mass is 19.1. The van der Waals surface area contributed by atoms with Crippen LogP contribution in [0.3, 0.4) is 0 Å². The molecule has 6 nitrogen and oxygen atoms in total. The lowest BCUT2D eigenvalue weighted by atomic mass is 9.97. The fourth-order valence-corrected chi connectivity index (χ4v) is 3.62. The first kappa shape index (κ1) is 17.4. The monoisotopic (exact) mass is 347 g/mol. The van der Waals surface area contributed by atoms with Crippen LogP contribution >= 0.6 is 0 Å². The van der Waals surface area contributed by atoms with Gasteiger partial charge in [-0.25, -0.2) is 9.18 Å². The highest BCUT2D eigenvalue weighted by molar-refractivity contribution is 6.02.